The zero-order valence-corrected chi connectivity index (χ0v) is 15.1. The fraction of sp³-hybridized carbons (Fsp3) is 0.611. The highest BCUT2D eigenvalue weighted by molar-refractivity contribution is 6.06. The molecule has 1 aromatic rings. The largest absolute Gasteiger partial charge is 0.461 e. The summed E-state index contributed by atoms with van der Waals surface area (Å²) in [5.74, 6) is -0.489. The summed E-state index contributed by atoms with van der Waals surface area (Å²) < 4.78 is 5.02. The molecule has 1 N–H and O–H groups in total. The van der Waals surface area contributed by atoms with Crippen molar-refractivity contribution < 1.29 is 19.1 Å². The third-order valence-corrected chi connectivity index (χ3v) is 4.56. The van der Waals surface area contributed by atoms with Crippen molar-refractivity contribution in [1.29, 1.82) is 0 Å². The monoisotopic (exact) mass is 334 g/mol. The van der Waals surface area contributed by atoms with Crippen LogP contribution in [0.2, 0.25) is 0 Å². The lowest BCUT2D eigenvalue weighted by molar-refractivity contribution is -0.133. The molecule has 1 aromatic heterocycles. The third kappa shape index (κ3) is 3.37. The van der Waals surface area contributed by atoms with E-state index in [4.69, 9.17) is 4.74 Å². The maximum atomic E-state index is 13.0. The Morgan fingerprint density at radius 2 is 1.88 bits per heavy atom. The van der Waals surface area contributed by atoms with E-state index < -0.39 is 12.0 Å². The van der Waals surface area contributed by atoms with Crippen molar-refractivity contribution >= 4 is 17.7 Å². The molecule has 1 saturated carbocycles. The van der Waals surface area contributed by atoms with Crippen LogP contribution in [0.5, 0.6) is 0 Å². The molecule has 132 valence electrons. The number of Topliss-reactive ketones (excluding diaryl/α,β-unsaturated/α-hetero) is 1. The Kier molecular flexibility index (Phi) is 5.47. The van der Waals surface area contributed by atoms with Gasteiger partial charge in [-0.25, -0.2) is 4.79 Å². The number of hydrogen-bond acceptors (Lipinski definition) is 4. The number of ether oxygens (including phenoxy) is 1. The molecule has 0 saturated heterocycles. The standard InChI is InChI=1S/C18H26N2O4/c1-6-20(17(22)13-8-9-13)12(5)16(21)14-10(3)15(19-11(14)4)18(23)24-7-2/h12-13,19H,6-9H2,1-5H3/t12-/m1/s1. The van der Waals surface area contributed by atoms with E-state index in [-0.39, 0.29) is 24.2 Å². The summed E-state index contributed by atoms with van der Waals surface area (Å²) in [6.07, 6.45) is 1.82. The molecule has 24 heavy (non-hydrogen) atoms. The molecular formula is C18H26N2O4. The van der Waals surface area contributed by atoms with Gasteiger partial charge in [-0.2, -0.15) is 0 Å². The number of aromatic amines is 1. The topological polar surface area (TPSA) is 79.5 Å². The summed E-state index contributed by atoms with van der Waals surface area (Å²) in [7, 11) is 0. The molecule has 1 amide bonds. The van der Waals surface area contributed by atoms with Gasteiger partial charge in [0.1, 0.15) is 5.69 Å². The van der Waals surface area contributed by atoms with E-state index >= 15 is 0 Å². The highest BCUT2D eigenvalue weighted by Gasteiger charge is 2.37. The van der Waals surface area contributed by atoms with Crippen molar-refractivity contribution in [2.75, 3.05) is 13.2 Å². The molecule has 0 unspecified atom stereocenters. The number of rotatable bonds is 7. The normalized spacial score (nSPS) is 15.0. The average molecular weight is 334 g/mol. The fourth-order valence-corrected chi connectivity index (χ4v) is 3.06. The smallest absolute Gasteiger partial charge is 0.355 e. The Labute approximate surface area is 142 Å². The SMILES string of the molecule is CCOC(=O)c1[nH]c(C)c(C(=O)[C@@H](C)N(CC)C(=O)C2CC2)c1C. The van der Waals surface area contributed by atoms with Crippen LogP contribution in [0.25, 0.3) is 0 Å². The van der Waals surface area contributed by atoms with E-state index in [9.17, 15) is 14.4 Å². The zero-order valence-electron chi connectivity index (χ0n) is 15.1. The third-order valence-electron chi connectivity index (χ3n) is 4.56. The molecule has 0 bridgehead atoms. The Balaban J connectivity index is 2.28. The molecule has 0 aliphatic heterocycles. The summed E-state index contributed by atoms with van der Waals surface area (Å²) in [5.41, 5.74) is 1.99. The van der Waals surface area contributed by atoms with Crippen LogP contribution >= 0.6 is 0 Å². The van der Waals surface area contributed by atoms with Crippen LogP contribution in [0.4, 0.5) is 0 Å². The van der Waals surface area contributed by atoms with Crippen LogP contribution in [0.3, 0.4) is 0 Å². The fourth-order valence-electron chi connectivity index (χ4n) is 3.06. The molecule has 1 heterocycles. The summed E-state index contributed by atoms with van der Waals surface area (Å²) in [5, 5.41) is 0. The number of hydrogen-bond donors (Lipinski definition) is 1. The number of nitrogens with one attached hydrogen (secondary N) is 1. The molecule has 0 aromatic carbocycles. The second-order valence-corrected chi connectivity index (χ2v) is 6.28. The van der Waals surface area contributed by atoms with E-state index in [1.165, 1.54) is 0 Å². The lowest BCUT2D eigenvalue weighted by Gasteiger charge is -2.27. The average Bonchev–Trinajstić information content (AvgIpc) is 3.33. The van der Waals surface area contributed by atoms with Crippen molar-refractivity contribution in [2.24, 2.45) is 5.92 Å². The maximum absolute atomic E-state index is 13.0. The summed E-state index contributed by atoms with van der Waals surface area (Å²) in [6.45, 7) is 9.63. The van der Waals surface area contributed by atoms with E-state index in [2.05, 4.69) is 4.98 Å². The van der Waals surface area contributed by atoms with E-state index in [1.807, 2.05) is 6.92 Å². The van der Waals surface area contributed by atoms with Gasteiger partial charge in [0.05, 0.1) is 12.6 Å². The van der Waals surface area contributed by atoms with Crippen LogP contribution in [0.1, 0.15) is 65.7 Å². The molecule has 1 aliphatic carbocycles. The van der Waals surface area contributed by atoms with Gasteiger partial charge in [0.25, 0.3) is 0 Å². The number of esters is 1. The number of aromatic nitrogens is 1. The van der Waals surface area contributed by atoms with Gasteiger partial charge in [-0.05, 0) is 53.0 Å². The van der Waals surface area contributed by atoms with Gasteiger partial charge >= 0.3 is 5.97 Å². The molecule has 6 heteroatoms. The molecule has 1 aliphatic rings. The molecular weight excluding hydrogens is 308 g/mol. The summed E-state index contributed by atoms with van der Waals surface area (Å²) in [6, 6.07) is -0.550. The minimum absolute atomic E-state index is 0.0507. The molecule has 0 radical (unpaired) electrons. The number of likely N-dealkylation sites (N-methyl/N-ethyl adjacent to an activating group) is 1. The Morgan fingerprint density at radius 1 is 1.25 bits per heavy atom. The number of aryl methyl sites for hydroxylation is 1. The summed E-state index contributed by atoms with van der Waals surface area (Å²) in [4.78, 5) is 41.9. The predicted octanol–water partition coefficient (Wildman–Crippen LogP) is 2.64. The number of carbonyl (C=O) groups excluding carboxylic acids is 3. The van der Waals surface area contributed by atoms with Gasteiger partial charge in [0, 0.05) is 23.7 Å². The maximum Gasteiger partial charge on any atom is 0.355 e. The predicted molar refractivity (Wildman–Crippen MR) is 90.1 cm³/mol. The minimum Gasteiger partial charge on any atom is -0.461 e. The van der Waals surface area contributed by atoms with Crippen molar-refractivity contribution in [1.82, 2.24) is 9.88 Å². The second kappa shape index (κ2) is 7.20. The van der Waals surface area contributed by atoms with Crippen molar-refractivity contribution in [3.8, 4) is 0 Å². The molecule has 6 nitrogen and oxygen atoms in total. The van der Waals surface area contributed by atoms with Crippen LogP contribution in [0, 0.1) is 19.8 Å². The van der Waals surface area contributed by atoms with Gasteiger partial charge in [-0.3, -0.25) is 9.59 Å². The van der Waals surface area contributed by atoms with Gasteiger partial charge in [-0.1, -0.05) is 0 Å². The number of amides is 1. The molecule has 2 rings (SSSR count). The van der Waals surface area contributed by atoms with Crippen LogP contribution in [0.15, 0.2) is 0 Å². The first kappa shape index (κ1) is 18.2. The van der Waals surface area contributed by atoms with Gasteiger partial charge in [-0.15, -0.1) is 0 Å². The summed E-state index contributed by atoms with van der Waals surface area (Å²) >= 11 is 0. The molecule has 1 atom stereocenters. The van der Waals surface area contributed by atoms with Crippen molar-refractivity contribution in [3.63, 3.8) is 0 Å². The second-order valence-electron chi connectivity index (χ2n) is 6.28. The van der Waals surface area contributed by atoms with Crippen molar-refractivity contribution in [2.45, 2.75) is 53.5 Å². The Bertz CT molecular complexity index is 658. The van der Waals surface area contributed by atoms with Gasteiger partial charge in [0.2, 0.25) is 5.91 Å². The number of ketones is 1. The Morgan fingerprint density at radius 3 is 2.38 bits per heavy atom. The molecule has 1 fully saturated rings. The van der Waals surface area contributed by atoms with E-state index in [0.717, 1.165) is 12.8 Å². The van der Waals surface area contributed by atoms with Crippen molar-refractivity contribution in [3.05, 3.63) is 22.5 Å². The van der Waals surface area contributed by atoms with Crippen LogP contribution in [-0.2, 0) is 9.53 Å². The minimum atomic E-state index is -0.550. The number of H-pyrrole nitrogens is 1. The lowest BCUT2D eigenvalue weighted by atomic mass is 9.99. The van der Waals surface area contributed by atoms with Gasteiger partial charge in [0.15, 0.2) is 5.78 Å². The first-order valence-corrected chi connectivity index (χ1v) is 8.54. The highest BCUT2D eigenvalue weighted by Crippen LogP contribution is 2.32. The Hall–Kier alpha value is -2.11. The molecule has 0 spiro atoms. The zero-order chi connectivity index (χ0) is 18.0. The van der Waals surface area contributed by atoms with Gasteiger partial charge < -0.3 is 14.6 Å². The quantitative estimate of drug-likeness (QED) is 0.614. The first-order chi connectivity index (χ1) is 11.3. The van der Waals surface area contributed by atoms with E-state index in [0.29, 0.717) is 29.1 Å². The van der Waals surface area contributed by atoms with E-state index in [1.54, 1.807) is 32.6 Å². The first-order valence-electron chi connectivity index (χ1n) is 8.54. The van der Waals surface area contributed by atoms with Crippen LogP contribution in [-0.4, -0.2) is 46.7 Å². The lowest BCUT2D eigenvalue weighted by Crippen LogP contribution is -2.44. The van der Waals surface area contributed by atoms with Crippen LogP contribution < -0.4 is 0 Å². The number of carbonyl (C=O) groups is 3. The number of nitrogens with zero attached hydrogens (tertiary/aromatic N) is 1. The highest BCUT2D eigenvalue weighted by atomic mass is 16.5.